The Hall–Kier alpha value is -1.30. The van der Waals surface area contributed by atoms with Gasteiger partial charge in [-0.2, -0.15) is 0 Å². The summed E-state index contributed by atoms with van der Waals surface area (Å²) in [5.74, 6) is 4.72. The molecule has 0 saturated heterocycles. The second kappa shape index (κ2) is 5.77. The summed E-state index contributed by atoms with van der Waals surface area (Å²) in [6.45, 7) is 1.86. The number of nitrogens with one attached hydrogen (secondary N) is 1. The molecule has 2 nitrogen and oxygen atoms in total. The van der Waals surface area contributed by atoms with Gasteiger partial charge in [0.15, 0.2) is 0 Å². The molecule has 2 rings (SSSR count). The van der Waals surface area contributed by atoms with Gasteiger partial charge >= 0.3 is 0 Å². The van der Waals surface area contributed by atoms with Crippen LogP contribution in [0.3, 0.4) is 0 Å². The number of rotatable bonds is 3. The molecule has 2 aromatic rings. The minimum atomic E-state index is -0.605. The minimum Gasteiger partial charge on any atom is -0.271 e. The zero-order valence-electron chi connectivity index (χ0n) is 10.3. The van der Waals surface area contributed by atoms with Gasteiger partial charge < -0.3 is 0 Å². The quantitative estimate of drug-likeness (QED) is 0.668. The van der Waals surface area contributed by atoms with E-state index in [4.69, 9.17) is 5.84 Å². The van der Waals surface area contributed by atoms with Crippen LogP contribution < -0.4 is 11.3 Å². The van der Waals surface area contributed by atoms with E-state index in [2.05, 4.69) is 21.4 Å². The standard InChI is InChI=1S/C14H13BrF2N2/c1-8-2-3-13(17)12(4-8)14(19-18)9-5-10(15)7-11(16)6-9/h2-7,14,19H,18H2,1H3. The fraction of sp³-hybridized carbons (Fsp3) is 0.143. The van der Waals surface area contributed by atoms with Crippen molar-refractivity contribution in [3.05, 3.63) is 69.2 Å². The van der Waals surface area contributed by atoms with Crippen molar-refractivity contribution in [2.45, 2.75) is 13.0 Å². The van der Waals surface area contributed by atoms with Gasteiger partial charge in [0, 0.05) is 10.0 Å². The smallest absolute Gasteiger partial charge is 0.128 e. The van der Waals surface area contributed by atoms with Gasteiger partial charge in [0.25, 0.3) is 0 Å². The van der Waals surface area contributed by atoms with Gasteiger partial charge in [0.05, 0.1) is 6.04 Å². The normalized spacial score (nSPS) is 12.5. The Labute approximate surface area is 118 Å². The van der Waals surface area contributed by atoms with Crippen LogP contribution in [0, 0.1) is 18.6 Å². The highest BCUT2D eigenvalue weighted by molar-refractivity contribution is 9.10. The number of hydrogen-bond donors (Lipinski definition) is 2. The maximum atomic E-state index is 13.9. The van der Waals surface area contributed by atoms with Crippen LogP contribution in [0.1, 0.15) is 22.7 Å². The third kappa shape index (κ3) is 3.18. The number of hydrazine groups is 1. The molecule has 0 spiro atoms. The molecule has 0 aliphatic heterocycles. The molecule has 3 N–H and O–H groups in total. The number of nitrogens with two attached hydrogens (primary N) is 1. The van der Waals surface area contributed by atoms with Crippen LogP contribution in [0.2, 0.25) is 0 Å². The van der Waals surface area contributed by atoms with Crippen molar-refractivity contribution in [1.29, 1.82) is 0 Å². The van der Waals surface area contributed by atoms with Crippen LogP contribution in [0.25, 0.3) is 0 Å². The number of benzene rings is 2. The van der Waals surface area contributed by atoms with Gasteiger partial charge in [-0.15, -0.1) is 0 Å². The van der Waals surface area contributed by atoms with Crippen molar-refractivity contribution in [2.75, 3.05) is 0 Å². The Balaban J connectivity index is 2.52. The Morgan fingerprint density at radius 1 is 1.16 bits per heavy atom. The lowest BCUT2D eigenvalue weighted by Crippen LogP contribution is -2.29. The van der Waals surface area contributed by atoms with Gasteiger partial charge in [-0.05, 0) is 36.8 Å². The molecule has 19 heavy (non-hydrogen) atoms. The van der Waals surface area contributed by atoms with Gasteiger partial charge in [-0.3, -0.25) is 5.84 Å². The second-order valence-corrected chi connectivity index (χ2v) is 5.24. The van der Waals surface area contributed by atoms with Crippen molar-refractivity contribution in [2.24, 2.45) is 5.84 Å². The summed E-state index contributed by atoms with van der Waals surface area (Å²) in [5, 5.41) is 0. The van der Waals surface area contributed by atoms with Crippen LogP contribution in [-0.2, 0) is 0 Å². The molecule has 0 fully saturated rings. The molecular formula is C14H13BrF2N2. The summed E-state index contributed by atoms with van der Waals surface area (Å²) in [7, 11) is 0. The van der Waals surface area contributed by atoms with Crippen molar-refractivity contribution in [3.8, 4) is 0 Å². The van der Waals surface area contributed by atoms with E-state index < -0.39 is 11.9 Å². The molecule has 0 heterocycles. The molecule has 5 heteroatoms. The number of halogens is 3. The molecule has 1 atom stereocenters. The lowest BCUT2D eigenvalue weighted by atomic mass is 9.97. The highest BCUT2D eigenvalue weighted by Crippen LogP contribution is 2.27. The third-order valence-electron chi connectivity index (χ3n) is 2.85. The van der Waals surface area contributed by atoms with E-state index in [-0.39, 0.29) is 5.82 Å². The van der Waals surface area contributed by atoms with Gasteiger partial charge in [-0.1, -0.05) is 33.6 Å². The Morgan fingerprint density at radius 3 is 2.53 bits per heavy atom. The summed E-state index contributed by atoms with van der Waals surface area (Å²) in [4.78, 5) is 0. The molecule has 0 saturated carbocycles. The first kappa shape index (κ1) is 14.1. The SMILES string of the molecule is Cc1ccc(F)c(C(NN)c2cc(F)cc(Br)c2)c1. The van der Waals surface area contributed by atoms with Crippen LogP contribution in [0.4, 0.5) is 8.78 Å². The van der Waals surface area contributed by atoms with Gasteiger partial charge in [0.2, 0.25) is 0 Å². The first-order valence-electron chi connectivity index (χ1n) is 5.69. The lowest BCUT2D eigenvalue weighted by Gasteiger charge is -2.18. The Kier molecular flexibility index (Phi) is 4.29. The molecule has 0 aromatic heterocycles. The fourth-order valence-corrected chi connectivity index (χ4v) is 2.47. The third-order valence-corrected chi connectivity index (χ3v) is 3.31. The van der Waals surface area contributed by atoms with Crippen molar-refractivity contribution in [1.82, 2.24) is 5.43 Å². The zero-order valence-corrected chi connectivity index (χ0v) is 11.8. The maximum Gasteiger partial charge on any atom is 0.128 e. The zero-order chi connectivity index (χ0) is 14.0. The van der Waals surface area contributed by atoms with E-state index >= 15 is 0 Å². The average Bonchev–Trinajstić information content (AvgIpc) is 2.33. The average molecular weight is 327 g/mol. The van der Waals surface area contributed by atoms with Crippen LogP contribution in [-0.4, -0.2) is 0 Å². The summed E-state index contributed by atoms with van der Waals surface area (Å²) >= 11 is 3.21. The highest BCUT2D eigenvalue weighted by atomic mass is 79.9. The minimum absolute atomic E-state index is 0.381. The lowest BCUT2D eigenvalue weighted by molar-refractivity contribution is 0.555. The van der Waals surface area contributed by atoms with Crippen molar-refractivity contribution >= 4 is 15.9 Å². The van der Waals surface area contributed by atoms with Crippen LogP contribution in [0.15, 0.2) is 40.9 Å². The molecule has 100 valence electrons. The molecule has 0 amide bonds. The molecule has 2 aromatic carbocycles. The van der Waals surface area contributed by atoms with E-state index in [9.17, 15) is 8.78 Å². The molecule has 0 aliphatic carbocycles. The number of hydrogen-bond acceptors (Lipinski definition) is 2. The second-order valence-electron chi connectivity index (χ2n) is 4.33. The molecule has 0 aliphatic rings. The molecular weight excluding hydrogens is 314 g/mol. The number of aryl methyl sites for hydroxylation is 1. The van der Waals surface area contributed by atoms with Gasteiger partial charge in [0.1, 0.15) is 11.6 Å². The van der Waals surface area contributed by atoms with Crippen molar-refractivity contribution < 1.29 is 8.78 Å². The first-order chi connectivity index (χ1) is 9.01. The predicted molar refractivity (Wildman–Crippen MR) is 74.4 cm³/mol. The van der Waals surface area contributed by atoms with Crippen LogP contribution in [0.5, 0.6) is 0 Å². The summed E-state index contributed by atoms with van der Waals surface area (Å²) in [5.41, 5.74) is 4.38. The topological polar surface area (TPSA) is 38.0 Å². The maximum absolute atomic E-state index is 13.9. The van der Waals surface area contributed by atoms with Crippen LogP contribution >= 0.6 is 15.9 Å². The molecule has 0 radical (unpaired) electrons. The van der Waals surface area contributed by atoms with E-state index in [1.165, 1.54) is 18.2 Å². The summed E-state index contributed by atoms with van der Waals surface area (Å²) in [6, 6.07) is 8.51. The van der Waals surface area contributed by atoms with E-state index in [1.807, 2.05) is 6.92 Å². The fourth-order valence-electron chi connectivity index (χ4n) is 1.99. The van der Waals surface area contributed by atoms with E-state index in [1.54, 1.807) is 18.2 Å². The predicted octanol–water partition coefficient (Wildman–Crippen LogP) is 3.59. The summed E-state index contributed by atoms with van der Waals surface area (Å²) < 4.78 is 27.9. The van der Waals surface area contributed by atoms with Gasteiger partial charge in [-0.25, -0.2) is 14.2 Å². The molecule has 1 unspecified atom stereocenters. The molecule has 0 bridgehead atoms. The first-order valence-corrected chi connectivity index (χ1v) is 6.48. The van der Waals surface area contributed by atoms with E-state index in [0.717, 1.165) is 5.56 Å². The monoisotopic (exact) mass is 326 g/mol. The highest BCUT2D eigenvalue weighted by Gasteiger charge is 2.18. The van der Waals surface area contributed by atoms with E-state index in [0.29, 0.717) is 15.6 Å². The Bertz CT molecular complexity index is 582. The largest absolute Gasteiger partial charge is 0.271 e. The summed E-state index contributed by atoms with van der Waals surface area (Å²) in [6.07, 6.45) is 0. The van der Waals surface area contributed by atoms with Crippen molar-refractivity contribution in [3.63, 3.8) is 0 Å². The Morgan fingerprint density at radius 2 is 1.89 bits per heavy atom.